The highest BCUT2D eigenvalue weighted by atomic mass is 32.1. The van der Waals surface area contributed by atoms with Gasteiger partial charge in [-0.2, -0.15) is 0 Å². The molecule has 1 heterocycles. The summed E-state index contributed by atoms with van der Waals surface area (Å²) in [6.45, 7) is 4.09. The fourth-order valence-corrected chi connectivity index (χ4v) is 1.63. The lowest BCUT2D eigenvalue weighted by atomic mass is 10.1. The van der Waals surface area contributed by atoms with E-state index in [1.807, 2.05) is 13.8 Å². The third-order valence-corrected chi connectivity index (χ3v) is 2.29. The second kappa shape index (κ2) is 3.67. The highest BCUT2D eigenvalue weighted by Gasteiger charge is 2.13. The molecule has 0 fully saturated rings. The smallest absolute Gasteiger partial charge is 0.347 e. The largest absolute Gasteiger partial charge is 0.477 e. The van der Waals surface area contributed by atoms with Gasteiger partial charge in [-0.1, -0.05) is 13.8 Å². The van der Waals surface area contributed by atoms with Crippen molar-refractivity contribution in [2.24, 2.45) is 5.92 Å². The zero-order valence-corrected chi connectivity index (χ0v) is 7.89. The van der Waals surface area contributed by atoms with Crippen LogP contribution in [-0.2, 0) is 6.42 Å². The van der Waals surface area contributed by atoms with E-state index in [2.05, 4.69) is 4.98 Å². The first-order valence-electron chi connectivity index (χ1n) is 3.77. The summed E-state index contributed by atoms with van der Waals surface area (Å²) in [5.41, 5.74) is 2.30. The first kappa shape index (κ1) is 9.19. The molecule has 0 unspecified atom stereocenters. The van der Waals surface area contributed by atoms with Gasteiger partial charge in [0.25, 0.3) is 0 Å². The number of hydrogen-bond acceptors (Lipinski definition) is 3. The molecule has 0 aliphatic carbocycles. The number of carbonyl (C=O) groups is 1. The molecule has 0 aliphatic rings. The predicted octanol–water partition coefficient (Wildman–Crippen LogP) is 2.04. The van der Waals surface area contributed by atoms with Gasteiger partial charge in [-0.05, 0) is 12.3 Å². The van der Waals surface area contributed by atoms with Crippen LogP contribution >= 0.6 is 11.3 Å². The van der Waals surface area contributed by atoms with Crippen molar-refractivity contribution in [3.8, 4) is 0 Å². The third kappa shape index (κ3) is 2.04. The van der Waals surface area contributed by atoms with Gasteiger partial charge in [-0.15, -0.1) is 11.3 Å². The van der Waals surface area contributed by atoms with Gasteiger partial charge in [0.05, 0.1) is 11.2 Å². The van der Waals surface area contributed by atoms with E-state index in [9.17, 15) is 4.79 Å². The van der Waals surface area contributed by atoms with Crippen LogP contribution in [0, 0.1) is 5.92 Å². The van der Waals surface area contributed by atoms with E-state index in [-0.39, 0.29) is 0 Å². The Balaban J connectivity index is 2.84. The van der Waals surface area contributed by atoms with Crippen LogP contribution in [0.2, 0.25) is 0 Å². The van der Waals surface area contributed by atoms with Crippen LogP contribution in [0.25, 0.3) is 0 Å². The molecule has 0 radical (unpaired) electrons. The van der Waals surface area contributed by atoms with Gasteiger partial charge in [0.2, 0.25) is 0 Å². The second-order valence-electron chi connectivity index (χ2n) is 3.03. The van der Waals surface area contributed by atoms with E-state index >= 15 is 0 Å². The van der Waals surface area contributed by atoms with Crippen LogP contribution in [-0.4, -0.2) is 16.1 Å². The zero-order valence-electron chi connectivity index (χ0n) is 7.07. The molecule has 0 atom stereocenters. The molecule has 0 saturated heterocycles. The molecule has 0 aromatic carbocycles. The van der Waals surface area contributed by atoms with Gasteiger partial charge >= 0.3 is 5.97 Å². The first-order valence-corrected chi connectivity index (χ1v) is 4.65. The molecule has 1 rings (SSSR count). The van der Waals surface area contributed by atoms with Crippen molar-refractivity contribution in [3.05, 3.63) is 16.1 Å². The first-order chi connectivity index (χ1) is 5.61. The summed E-state index contributed by atoms with van der Waals surface area (Å²) < 4.78 is 0. The Kier molecular flexibility index (Phi) is 2.81. The number of thiazole rings is 1. The summed E-state index contributed by atoms with van der Waals surface area (Å²) in [6, 6.07) is 0. The summed E-state index contributed by atoms with van der Waals surface area (Å²) in [7, 11) is 0. The Morgan fingerprint density at radius 1 is 1.75 bits per heavy atom. The Labute approximate surface area is 75.1 Å². The second-order valence-corrected chi connectivity index (χ2v) is 3.89. The SMILES string of the molecule is CC(C)Cc1ncsc1C(=O)O. The minimum Gasteiger partial charge on any atom is -0.477 e. The topological polar surface area (TPSA) is 50.2 Å². The van der Waals surface area contributed by atoms with E-state index in [0.717, 1.165) is 6.42 Å². The minimum absolute atomic E-state index is 0.378. The molecule has 0 spiro atoms. The van der Waals surface area contributed by atoms with Gasteiger partial charge in [-0.25, -0.2) is 9.78 Å². The van der Waals surface area contributed by atoms with E-state index in [1.165, 1.54) is 11.3 Å². The van der Waals surface area contributed by atoms with Gasteiger partial charge in [0.1, 0.15) is 4.88 Å². The van der Waals surface area contributed by atoms with Crippen LogP contribution in [0.3, 0.4) is 0 Å². The van der Waals surface area contributed by atoms with Crippen molar-refractivity contribution in [1.29, 1.82) is 0 Å². The molecule has 0 bridgehead atoms. The highest BCUT2D eigenvalue weighted by molar-refractivity contribution is 7.11. The fraction of sp³-hybridized carbons (Fsp3) is 0.500. The zero-order chi connectivity index (χ0) is 9.14. The third-order valence-electron chi connectivity index (χ3n) is 1.44. The average molecular weight is 185 g/mol. The molecule has 1 aromatic rings. The van der Waals surface area contributed by atoms with Crippen molar-refractivity contribution in [2.45, 2.75) is 20.3 Å². The molecule has 3 nitrogen and oxygen atoms in total. The molecule has 4 heteroatoms. The maximum Gasteiger partial charge on any atom is 0.347 e. The average Bonchev–Trinajstić information content (AvgIpc) is 2.33. The Hall–Kier alpha value is -0.900. The van der Waals surface area contributed by atoms with Gasteiger partial charge in [0, 0.05) is 0 Å². The molecule has 66 valence electrons. The highest BCUT2D eigenvalue weighted by Crippen LogP contribution is 2.16. The van der Waals surface area contributed by atoms with Crippen LogP contribution in [0.15, 0.2) is 5.51 Å². The van der Waals surface area contributed by atoms with Gasteiger partial charge in [0.15, 0.2) is 0 Å². The number of carboxylic acids is 1. The molecule has 0 aliphatic heterocycles. The van der Waals surface area contributed by atoms with Gasteiger partial charge < -0.3 is 5.11 Å². The molecule has 0 saturated carbocycles. The summed E-state index contributed by atoms with van der Waals surface area (Å²) in [5.74, 6) is -0.418. The van der Waals surface area contributed by atoms with Crippen LogP contribution in [0.5, 0.6) is 0 Å². The number of aromatic carboxylic acids is 1. The fourth-order valence-electron chi connectivity index (χ4n) is 0.975. The quantitative estimate of drug-likeness (QED) is 0.784. The normalized spacial score (nSPS) is 10.6. The van der Waals surface area contributed by atoms with Crippen LogP contribution < -0.4 is 0 Å². The molecular weight excluding hydrogens is 174 g/mol. The molecule has 1 aromatic heterocycles. The molecular formula is C8H11NO2S. The maximum atomic E-state index is 10.6. The Morgan fingerprint density at radius 3 is 2.92 bits per heavy atom. The van der Waals surface area contributed by atoms with Gasteiger partial charge in [-0.3, -0.25) is 0 Å². The number of nitrogens with zero attached hydrogens (tertiary/aromatic N) is 1. The predicted molar refractivity (Wildman–Crippen MR) is 47.6 cm³/mol. The van der Waals surface area contributed by atoms with Crippen molar-refractivity contribution in [1.82, 2.24) is 4.98 Å². The molecule has 1 N–H and O–H groups in total. The Bertz CT molecular complexity index is 280. The van der Waals surface area contributed by atoms with Crippen molar-refractivity contribution >= 4 is 17.3 Å². The monoisotopic (exact) mass is 185 g/mol. The lowest BCUT2D eigenvalue weighted by Crippen LogP contribution is -2.02. The molecule has 0 amide bonds. The number of hydrogen-bond donors (Lipinski definition) is 1. The molecule has 12 heavy (non-hydrogen) atoms. The van der Waals surface area contributed by atoms with Crippen molar-refractivity contribution in [3.63, 3.8) is 0 Å². The standard InChI is InChI=1S/C8H11NO2S/c1-5(2)3-6-7(8(10)11)12-4-9-6/h4-5H,3H2,1-2H3,(H,10,11). The lowest BCUT2D eigenvalue weighted by Gasteiger charge is -2.01. The number of carboxylic acid groups (broad SMARTS) is 1. The summed E-state index contributed by atoms with van der Waals surface area (Å²) in [4.78, 5) is 15.0. The minimum atomic E-state index is -0.867. The summed E-state index contributed by atoms with van der Waals surface area (Å²) in [6.07, 6.45) is 0.741. The maximum absolute atomic E-state index is 10.6. The van der Waals surface area contributed by atoms with E-state index < -0.39 is 5.97 Å². The van der Waals surface area contributed by atoms with Crippen molar-refractivity contribution in [2.75, 3.05) is 0 Å². The van der Waals surface area contributed by atoms with Crippen molar-refractivity contribution < 1.29 is 9.90 Å². The van der Waals surface area contributed by atoms with E-state index in [4.69, 9.17) is 5.11 Å². The van der Waals surface area contributed by atoms with Crippen LogP contribution in [0.4, 0.5) is 0 Å². The number of aromatic nitrogens is 1. The summed E-state index contributed by atoms with van der Waals surface area (Å²) >= 11 is 1.19. The van der Waals surface area contributed by atoms with E-state index in [1.54, 1.807) is 5.51 Å². The summed E-state index contributed by atoms with van der Waals surface area (Å²) in [5, 5.41) is 8.74. The van der Waals surface area contributed by atoms with Crippen LogP contribution in [0.1, 0.15) is 29.2 Å². The Morgan fingerprint density at radius 2 is 2.42 bits per heavy atom. The number of rotatable bonds is 3. The lowest BCUT2D eigenvalue weighted by molar-refractivity contribution is 0.0700. The van der Waals surface area contributed by atoms with E-state index in [0.29, 0.717) is 16.5 Å².